The zero-order valence-electron chi connectivity index (χ0n) is 18.8. The minimum Gasteiger partial charge on any atom is -0.359 e. The van der Waals surface area contributed by atoms with E-state index in [0.29, 0.717) is 12.8 Å². The SMILES string of the molecule is CC=CC=C(C)CN1CCN(C(=O)CCC(C)(C)SSCCCC(=O)NC)CC1. The second kappa shape index (κ2) is 14.1. The van der Waals surface area contributed by atoms with E-state index in [1.165, 1.54) is 5.57 Å². The summed E-state index contributed by atoms with van der Waals surface area (Å²) < 4.78 is 0.0594. The van der Waals surface area contributed by atoms with Gasteiger partial charge in [-0.25, -0.2) is 0 Å². The summed E-state index contributed by atoms with van der Waals surface area (Å²) in [5.74, 6) is 1.34. The quantitative estimate of drug-likeness (QED) is 0.280. The molecule has 5 nitrogen and oxygen atoms in total. The van der Waals surface area contributed by atoms with Crippen molar-refractivity contribution < 1.29 is 9.59 Å². The van der Waals surface area contributed by atoms with Crippen molar-refractivity contribution in [1.29, 1.82) is 0 Å². The van der Waals surface area contributed by atoms with Gasteiger partial charge in [-0.2, -0.15) is 0 Å². The average molecular weight is 442 g/mol. The van der Waals surface area contributed by atoms with E-state index in [0.717, 1.165) is 51.3 Å². The number of piperazine rings is 1. The van der Waals surface area contributed by atoms with E-state index < -0.39 is 0 Å². The summed E-state index contributed by atoms with van der Waals surface area (Å²) in [6.07, 6.45) is 9.25. The molecular formula is C22H39N3O2S2. The van der Waals surface area contributed by atoms with Gasteiger partial charge in [0, 0.05) is 63.1 Å². The van der Waals surface area contributed by atoms with Gasteiger partial charge < -0.3 is 10.2 Å². The van der Waals surface area contributed by atoms with Crippen molar-refractivity contribution in [2.75, 3.05) is 45.5 Å². The molecule has 0 aliphatic carbocycles. The summed E-state index contributed by atoms with van der Waals surface area (Å²) in [4.78, 5) is 28.3. The van der Waals surface area contributed by atoms with Crippen molar-refractivity contribution in [3.8, 4) is 0 Å². The zero-order valence-corrected chi connectivity index (χ0v) is 20.5. The van der Waals surface area contributed by atoms with Crippen molar-refractivity contribution in [2.24, 2.45) is 0 Å². The van der Waals surface area contributed by atoms with E-state index in [1.54, 1.807) is 17.8 Å². The fourth-order valence-corrected chi connectivity index (χ4v) is 5.71. The highest BCUT2D eigenvalue weighted by atomic mass is 33.1. The third-order valence-corrected chi connectivity index (χ3v) is 8.34. The van der Waals surface area contributed by atoms with Crippen LogP contribution in [0.1, 0.15) is 53.4 Å². The number of amides is 2. The number of rotatable bonds is 12. The van der Waals surface area contributed by atoms with Gasteiger partial charge in [-0.1, -0.05) is 45.4 Å². The fraction of sp³-hybridized carbons (Fsp3) is 0.727. The highest BCUT2D eigenvalue weighted by Crippen LogP contribution is 2.39. The van der Waals surface area contributed by atoms with E-state index in [-0.39, 0.29) is 16.6 Å². The number of nitrogens with one attached hydrogen (secondary N) is 1. The van der Waals surface area contributed by atoms with Gasteiger partial charge in [0.05, 0.1) is 0 Å². The summed E-state index contributed by atoms with van der Waals surface area (Å²) in [5, 5.41) is 2.65. The Morgan fingerprint density at radius 3 is 2.45 bits per heavy atom. The molecule has 166 valence electrons. The summed E-state index contributed by atoms with van der Waals surface area (Å²) >= 11 is 0. The Kier molecular flexibility index (Phi) is 12.7. The molecule has 1 N–H and O–H groups in total. The normalized spacial score (nSPS) is 16.4. The molecule has 0 aromatic carbocycles. The van der Waals surface area contributed by atoms with E-state index in [2.05, 4.69) is 43.1 Å². The van der Waals surface area contributed by atoms with Crippen molar-refractivity contribution in [3.05, 3.63) is 23.8 Å². The predicted octanol–water partition coefficient (Wildman–Crippen LogP) is 4.12. The lowest BCUT2D eigenvalue weighted by atomic mass is 10.1. The first-order chi connectivity index (χ1) is 13.8. The first-order valence-electron chi connectivity index (χ1n) is 10.6. The molecule has 0 saturated carbocycles. The van der Waals surface area contributed by atoms with E-state index in [9.17, 15) is 9.59 Å². The molecule has 0 radical (unpaired) electrons. The second-order valence-electron chi connectivity index (χ2n) is 8.14. The molecule has 0 bridgehead atoms. The third kappa shape index (κ3) is 11.7. The maximum Gasteiger partial charge on any atom is 0.222 e. The molecule has 2 amide bonds. The van der Waals surface area contributed by atoms with Gasteiger partial charge in [-0.3, -0.25) is 14.5 Å². The van der Waals surface area contributed by atoms with Gasteiger partial charge in [0.1, 0.15) is 0 Å². The third-order valence-electron chi connectivity index (χ3n) is 4.91. The summed E-state index contributed by atoms with van der Waals surface area (Å²) in [6, 6.07) is 0. The average Bonchev–Trinajstić information content (AvgIpc) is 2.70. The Balaban J connectivity index is 2.24. The van der Waals surface area contributed by atoms with Crippen molar-refractivity contribution in [2.45, 2.75) is 58.1 Å². The van der Waals surface area contributed by atoms with Crippen molar-refractivity contribution >= 4 is 33.4 Å². The molecule has 1 heterocycles. The molecule has 1 saturated heterocycles. The molecule has 0 atom stereocenters. The topological polar surface area (TPSA) is 52.7 Å². The molecule has 0 aromatic rings. The van der Waals surface area contributed by atoms with Gasteiger partial charge in [0.25, 0.3) is 0 Å². The Morgan fingerprint density at radius 2 is 1.83 bits per heavy atom. The van der Waals surface area contributed by atoms with Crippen LogP contribution in [-0.4, -0.2) is 71.9 Å². The first kappa shape index (κ1) is 26.1. The minimum atomic E-state index is 0.0594. The largest absolute Gasteiger partial charge is 0.359 e. The minimum absolute atomic E-state index is 0.0594. The fourth-order valence-electron chi connectivity index (χ4n) is 3.05. The Bertz CT molecular complexity index is 568. The van der Waals surface area contributed by atoms with Crippen LogP contribution in [0.25, 0.3) is 0 Å². The molecule has 0 unspecified atom stereocenters. The van der Waals surface area contributed by atoms with E-state index in [1.807, 2.05) is 28.7 Å². The number of hydrogen-bond acceptors (Lipinski definition) is 5. The monoisotopic (exact) mass is 441 g/mol. The highest BCUT2D eigenvalue weighted by Gasteiger charge is 2.25. The summed E-state index contributed by atoms with van der Waals surface area (Å²) in [7, 11) is 5.31. The molecule has 1 aliphatic rings. The lowest BCUT2D eigenvalue weighted by Gasteiger charge is -2.35. The lowest BCUT2D eigenvalue weighted by molar-refractivity contribution is -0.133. The first-order valence-corrected chi connectivity index (χ1v) is 12.9. The summed E-state index contributed by atoms with van der Waals surface area (Å²) in [6.45, 7) is 13.1. The van der Waals surface area contributed by atoms with Gasteiger partial charge >= 0.3 is 0 Å². The van der Waals surface area contributed by atoms with Crippen LogP contribution in [0.3, 0.4) is 0 Å². The Labute approximate surface area is 185 Å². The number of carbonyl (C=O) groups is 2. The number of nitrogens with zero attached hydrogens (tertiary/aromatic N) is 2. The maximum absolute atomic E-state index is 12.6. The number of carbonyl (C=O) groups excluding carboxylic acids is 2. The second-order valence-corrected chi connectivity index (χ2v) is 11.3. The molecule has 1 rings (SSSR count). The zero-order chi connectivity index (χ0) is 21.7. The van der Waals surface area contributed by atoms with Crippen molar-refractivity contribution in [1.82, 2.24) is 15.1 Å². The Morgan fingerprint density at radius 1 is 1.14 bits per heavy atom. The van der Waals surface area contributed by atoms with Crippen LogP contribution in [0.15, 0.2) is 23.8 Å². The van der Waals surface area contributed by atoms with Crippen LogP contribution in [0.2, 0.25) is 0 Å². The van der Waals surface area contributed by atoms with Gasteiger partial charge in [-0.05, 0) is 40.5 Å². The smallest absolute Gasteiger partial charge is 0.222 e. The van der Waals surface area contributed by atoms with Crippen LogP contribution in [0.5, 0.6) is 0 Å². The van der Waals surface area contributed by atoms with Crippen LogP contribution in [-0.2, 0) is 9.59 Å². The molecule has 0 aromatic heterocycles. The number of hydrogen-bond donors (Lipinski definition) is 1. The van der Waals surface area contributed by atoms with Crippen LogP contribution >= 0.6 is 21.6 Å². The van der Waals surface area contributed by atoms with E-state index in [4.69, 9.17) is 0 Å². The van der Waals surface area contributed by atoms with Crippen molar-refractivity contribution in [3.63, 3.8) is 0 Å². The molecule has 0 spiro atoms. The molecule has 1 aliphatic heterocycles. The lowest BCUT2D eigenvalue weighted by Crippen LogP contribution is -2.49. The van der Waals surface area contributed by atoms with Gasteiger partial charge in [0.2, 0.25) is 11.8 Å². The highest BCUT2D eigenvalue weighted by molar-refractivity contribution is 8.77. The van der Waals surface area contributed by atoms with Crippen LogP contribution in [0, 0.1) is 0 Å². The maximum atomic E-state index is 12.6. The van der Waals surface area contributed by atoms with Gasteiger partial charge in [-0.15, -0.1) is 0 Å². The molecule has 29 heavy (non-hydrogen) atoms. The van der Waals surface area contributed by atoms with Crippen LogP contribution < -0.4 is 5.32 Å². The summed E-state index contributed by atoms with van der Waals surface area (Å²) in [5.41, 5.74) is 1.36. The van der Waals surface area contributed by atoms with Gasteiger partial charge in [0.15, 0.2) is 0 Å². The number of allylic oxidation sites excluding steroid dienone is 3. The van der Waals surface area contributed by atoms with Crippen LogP contribution in [0.4, 0.5) is 0 Å². The predicted molar refractivity (Wildman–Crippen MR) is 128 cm³/mol. The molecular weight excluding hydrogens is 402 g/mol. The van der Waals surface area contributed by atoms with E-state index >= 15 is 0 Å². The molecule has 1 fully saturated rings. The standard InChI is InChI=1S/C22H39N3O2S2/c1-6-7-9-19(2)18-24-13-15-25(16-14-24)21(27)11-12-22(3,4)29-28-17-8-10-20(26)23-5/h6-7,9H,8,10-18H2,1-5H3,(H,23,26). The molecule has 7 heteroatoms. The Hall–Kier alpha value is -0.920.